The van der Waals surface area contributed by atoms with Gasteiger partial charge in [-0.3, -0.25) is 0 Å². The summed E-state index contributed by atoms with van der Waals surface area (Å²) < 4.78 is 5.04. The minimum atomic E-state index is -1.03. The molecule has 0 saturated heterocycles. The molecule has 0 aliphatic rings. The third-order valence-corrected chi connectivity index (χ3v) is 2.23. The standard InChI is InChI=1S/C11H16N2O3/c1-3-8(7-16-2)13-9-5-4-6-12-10(9)11(14)15/h4-6,8,13H,3,7H2,1-2H3,(H,14,15). The van der Waals surface area contributed by atoms with Crippen LogP contribution >= 0.6 is 0 Å². The molecule has 1 unspecified atom stereocenters. The van der Waals surface area contributed by atoms with E-state index in [1.165, 1.54) is 6.20 Å². The van der Waals surface area contributed by atoms with Crippen molar-refractivity contribution in [3.05, 3.63) is 24.0 Å². The first-order valence-corrected chi connectivity index (χ1v) is 5.12. The Morgan fingerprint density at radius 1 is 1.69 bits per heavy atom. The Morgan fingerprint density at radius 3 is 3.00 bits per heavy atom. The zero-order chi connectivity index (χ0) is 12.0. The van der Waals surface area contributed by atoms with E-state index < -0.39 is 5.97 Å². The maximum Gasteiger partial charge on any atom is 0.356 e. The predicted octanol–water partition coefficient (Wildman–Crippen LogP) is 1.62. The van der Waals surface area contributed by atoms with Gasteiger partial charge in [-0.2, -0.15) is 0 Å². The summed E-state index contributed by atoms with van der Waals surface area (Å²) in [6.45, 7) is 2.54. The number of anilines is 1. The number of carboxylic acid groups (broad SMARTS) is 1. The van der Waals surface area contributed by atoms with Crippen molar-refractivity contribution in [3.8, 4) is 0 Å². The molecule has 1 rings (SSSR count). The number of hydrogen-bond acceptors (Lipinski definition) is 4. The number of carboxylic acids is 1. The number of aromatic carboxylic acids is 1. The zero-order valence-corrected chi connectivity index (χ0v) is 9.43. The Kier molecular flexibility index (Phi) is 4.72. The number of nitrogens with zero attached hydrogens (tertiary/aromatic N) is 1. The van der Waals surface area contributed by atoms with Crippen LogP contribution in [0.25, 0.3) is 0 Å². The molecular weight excluding hydrogens is 208 g/mol. The fraction of sp³-hybridized carbons (Fsp3) is 0.455. The van der Waals surface area contributed by atoms with Crippen LogP contribution in [0.2, 0.25) is 0 Å². The molecule has 0 aromatic carbocycles. The largest absolute Gasteiger partial charge is 0.476 e. The quantitative estimate of drug-likeness (QED) is 0.768. The van der Waals surface area contributed by atoms with Crippen LogP contribution < -0.4 is 5.32 Å². The van der Waals surface area contributed by atoms with Crippen LogP contribution in [0.1, 0.15) is 23.8 Å². The van der Waals surface area contributed by atoms with Gasteiger partial charge in [0.2, 0.25) is 0 Å². The van der Waals surface area contributed by atoms with Crippen molar-refractivity contribution in [1.29, 1.82) is 0 Å². The molecule has 0 aliphatic heterocycles. The smallest absolute Gasteiger partial charge is 0.356 e. The van der Waals surface area contributed by atoms with Crippen molar-refractivity contribution in [2.45, 2.75) is 19.4 Å². The third-order valence-electron chi connectivity index (χ3n) is 2.23. The second kappa shape index (κ2) is 6.07. The van der Waals surface area contributed by atoms with Gasteiger partial charge in [0.25, 0.3) is 0 Å². The molecule has 1 aromatic rings. The zero-order valence-electron chi connectivity index (χ0n) is 9.43. The lowest BCUT2D eigenvalue weighted by Gasteiger charge is -2.18. The van der Waals surface area contributed by atoms with Gasteiger partial charge in [-0.25, -0.2) is 9.78 Å². The van der Waals surface area contributed by atoms with Gasteiger partial charge < -0.3 is 15.2 Å². The SMILES string of the molecule is CCC(COC)Nc1cccnc1C(=O)O. The maximum absolute atomic E-state index is 10.9. The van der Waals surface area contributed by atoms with E-state index in [4.69, 9.17) is 9.84 Å². The summed E-state index contributed by atoms with van der Waals surface area (Å²) in [7, 11) is 1.62. The van der Waals surface area contributed by atoms with Crippen LogP contribution in [0.15, 0.2) is 18.3 Å². The van der Waals surface area contributed by atoms with E-state index in [9.17, 15) is 4.79 Å². The summed E-state index contributed by atoms with van der Waals surface area (Å²) in [5.74, 6) is -1.03. The van der Waals surface area contributed by atoms with E-state index in [0.29, 0.717) is 12.3 Å². The second-order valence-corrected chi connectivity index (χ2v) is 3.41. The molecule has 0 bridgehead atoms. The van der Waals surface area contributed by atoms with Crippen molar-refractivity contribution in [2.24, 2.45) is 0 Å². The van der Waals surface area contributed by atoms with E-state index in [0.717, 1.165) is 6.42 Å². The molecule has 0 saturated carbocycles. The normalized spacial score (nSPS) is 12.1. The van der Waals surface area contributed by atoms with Crippen molar-refractivity contribution >= 4 is 11.7 Å². The first kappa shape index (κ1) is 12.4. The Bertz CT molecular complexity index is 355. The summed E-state index contributed by atoms with van der Waals surface area (Å²) in [5.41, 5.74) is 0.566. The summed E-state index contributed by atoms with van der Waals surface area (Å²) in [4.78, 5) is 14.7. The highest BCUT2D eigenvalue weighted by Gasteiger charge is 2.13. The number of pyridine rings is 1. The molecule has 5 nitrogen and oxygen atoms in total. The van der Waals surface area contributed by atoms with Gasteiger partial charge >= 0.3 is 5.97 Å². The highest BCUT2D eigenvalue weighted by molar-refractivity contribution is 5.91. The lowest BCUT2D eigenvalue weighted by Crippen LogP contribution is -2.25. The first-order valence-electron chi connectivity index (χ1n) is 5.12. The lowest BCUT2D eigenvalue weighted by atomic mass is 10.2. The lowest BCUT2D eigenvalue weighted by molar-refractivity contribution is 0.0691. The molecule has 0 amide bonds. The van der Waals surface area contributed by atoms with Crippen LogP contribution in [0, 0.1) is 0 Å². The summed E-state index contributed by atoms with van der Waals surface area (Å²) in [6.07, 6.45) is 2.31. The van der Waals surface area contributed by atoms with Crippen molar-refractivity contribution in [2.75, 3.05) is 19.0 Å². The molecule has 16 heavy (non-hydrogen) atoms. The fourth-order valence-corrected chi connectivity index (χ4v) is 1.37. The predicted molar refractivity (Wildman–Crippen MR) is 60.8 cm³/mol. The van der Waals surface area contributed by atoms with Crippen molar-refractivity contribution in [1.82, 2.24) is 4.98 Å². The number of carbonyl (C=O) groups is 1. The first-order chi connectivity index (χ1) is 7.69. The summed E-state index contributed by atoms with van der Waals surface area (Å²) in [5, 5.41) is 12.1. The van der Waals surface area contributed by atoms with Gasteiger partial charge in [0.1, 0.15) is 0 Å². The van der Waals surface area contributed by atoms with E-state index in [-0.39, 0.29) is 11.7 Å². The van der Waals surface area contributed by atoms with Gasteiger partial charge in [-0.05, 0) is 18.6 Å². The molecule has 1 aromatic heterocycles. The van der Waals surface area contributed by atoms with Gasteiger partial charge in [0, 0.05) is 19.3 Å². The van der Waals surface area contributed by atoms with E-state index in [1.807, 2.05) is 6.92 Å². The number of aromatic nitrogens is 1. The molecule has 0 radical (unpaired) electrons. The number of rotatable bonds is 6. The van der Waals surface area contributed by atoms with E-state index in [1.54, 1.807) is 19.2 Å². The highest BCUT2D eigenvalue weighted by atomic mass is 16.5. The van der Waals surface area contributed by atoms with Gasteiger partial charge in [0.15, 0.2) is 5.69 Å². The van der Waals surface area contributed by atoms with Crippen LogP contribution in [-0.4, -0.2) is 35.8 Å². The average molecular weight is 224 g/mol. The minimum absolute atomic E-state index is 0.0389. The maximum atomic E-state index is 10.9. The molecule has 2 N–H and O–H groups in total. The molecule has 5 heteroatoms. The van der Waals surface area contributed by atoms with Gasteiger partial charge in [-0.1, -0.05) is 6.92 Å². The molecule has 1 atom stereocenters. The fourth-order valence-electron chi connectivity index (χ4n) is 1.37. The Labute approximate surface area is 94.5 Å². The summed E-state index contributed by atoms with van der Waals surface area (Å²) >= 11 is 0. The number of nitrogens with one attached hydrogen (secondary N) is 1. The molecule has 0 spiro atoms. The topological polar surface area (TPSA) is 71.5 Å². The molecule has 88 valence electrons. The minimum Gasteiger partial charge on any atom is -0.476 e. The number of methoxy groups -OCH3 is 1. The molecule has 1 heterocycles. The van der Waals surface area contributed by atoms with Crippen molar-refractivity contribution < 1.29 is 14.6 Å². The highest BCUT2D eigenvalue weighted by Crippen LogP contribution is 2.14. The monoisotopic (exact) mass is 224 g/mol. The Morgan fingerprint density at radius 2 is 2.44 bits per heavy atom. The van der Waals surface area contributed by atoms with Gasteiger partial charge in [0.05, 0.1) is 12.3 Å². The third kappa shape index (κ3) is 3.20. The second-order valence-electron chi connectivity index (χ2n) is 3.41. The van der Waals surface area contributed by atoms with Crippen LogP contribution in [0.5, 0.6) is 0 Å². The van der Waals surface area contributed by atoms with Crippen LogP contribution in [0.4, 0.5) is 5.69 Å². The van der Waals surface area contributed by atoms with Crippen molar-refractivity contribution in [3.63, 3.8) is 0 Å². The van der Waals surface area contributed by atoms with E-state index in [2.05, 4.69) is 10.3 Å². The Balaban J connectivity index is 2.82. The Hall–Kier alpha value is -1.62. The van der Waals surface area contributed by atoms with Crippen LogP contribution in [-0.2, 0) is 4.74 Å². The van der Waals surface area contributed by atoms with Gasteiger partial charge in [-0.15, -0.1) is 0 Å². The van der Waals surface area contributed by atoms with E-state index >= 15 is 0 Å². The number of ether oxygens (including phenoxy) is 1. The molecule has 0 aliphatic carbocycles. The number of hydrogen-bond donors (Lipinski definition) is 2. The summed E-state index contributed by atoms with van der Waals surface area (Å²) in [6, 6.07) is 3.50. The van der Waals surface area contributed by atoms with Crippen LogP contribution in [0.3, 0.4) is 0 Å². The molecular formula is C11H16N2O3. The molecule has 0 fully saturated rings. The average Bonchev–Trinajstić information content (AvgIpc) is 2.29.